The van der Waals surface area contributed by atoms with Crippen LogP contribution in [0.25, 0.3) is 0 Å². The van der Waals surface area contributed by atoms with E-state index in [1.54, 1.807) is 18.2 Å². The van der Waals surface area contributed by atoms with Crippen molar-refractivity contribution in [1.29, 1.82) is 0 Å². The average Bonchev–Trinajstić information content (AvgIpc) is 2.14. The Bertz CT molecular complexity index is 159. The summed E-state index contributed by atoms with van der Waals surface area (Å²) in [5, 5.41) is 0. The molecule has 0 aromatic rings. The van der Waals surface area contributed by atoms with E-state index < -0.39 is 0 Å². The molecule has 2 heteroatoms. The molecule has 0 bridgehead atoms. The summed E-state index contributed by atoms with van der Waals surface area (Å²) in [6, 6.07) is 0. The minimum Gasteiger partial charge on any atom is -0.301 e. The van der Waals surface area contributed by atoms with Crippen LogP contribution in [0.15, 0.2) is 17.8 Å². The summed E-state index contributed by atoms with van der Waals surface area (Å²) in [6.45, 7) is 0. The van der Waals surface area contributed by atoms with Gasteiger partial charge in [0, 0.05) is 5.94 Å². The molecule has 0 aliphatic carbocycles. The molecule has 34 valence electrons. The highest BCUT2D eigenvalue weighted by molar-refractivity contribution is 5.90. The average molecular weight is 93.1 g/mol. The molecule has 0 aromatic carbocycles. The molecular formula is C5H3NO. The summed E-state index contributed by atoms with van der Waals surface area (Å²) in [6.07, 6.45) is 5.77. The summed E-state index contributed by atoms with van der Waals surface area (Å²) in [7, 11) is 0. The van der Waals surface area contributed by atoms with Gasteiger partial charge in [-0.25, -0.2) is 0 Å². The molecule has 1 rings (SSSR count). The first-order chi connectivity index (χ1) is 3.43. The van der Waals surface area contributed by atoms with Crippen LogP contribution in [0.3, 0.4) is 0 Å². The van der Waals surface area contributed by atoms with Crippen molar-refractivity contribution in [3.8, 4) is 0 Å². The van der Waals surface area contributed by atoms with Crippen LogP contribution >= 0.6 is 0 Å². The topological polar surface area (TPSA) is 31.0 Å². The highest BCUT2D eigenvalue weighted by atomic mass is 16.1. The Balaban J connectivity index is 3.00. The largest absolute Gasteiger partial charge is 0.301 e. The second-order valence-corrected chi connectivity index (χ2v) is 1.12. The summed E-state index contributed by atoms with van der Waals surface area (Å²) in [4.78, 5) is 12.3. The van der Waals surface area contributed by atoms with Crippen LogP contribution in [0.4, 0.5) is 0 Å². The smallest absolute Gasteiger partial charge is 0.160 e. The Hall–Kier alpha value is -1.14. The van der Waals surface area contributed by atoms with Crippen molar-refractivity contribution < 1.29 is 9.79 Å². The first kappa shape index (κ1) is 4.03. The third kappa shape index (κ3) is 0.643. The van der Waals surface area contributed by atoms with Crippen LogP contribution in [-0.4, -0.2) is 12.2 Å². The molecule has 0 aromatic heterocycles. The van der Waals surface area contributed by atoms with E-state index in [4.69, 9.17) is 0 Å². The fraction of sp³-hybridized carbons (Fsp3) is 0. The van der Waals surface area contributed by atoms with Gasteiger partial charge in [-0.05, 0) is 5.57 Å². The van der Waals surface area contributed by atoms with Gasteiger partial charge in [0.15, 0.2) is 6.21 Å². The van der Waals surface area contributed by atoms with Crippen LogP contribution < -0.4 is 4.99 Å². The van der Waals surface area contributed by atoms with Crippen LogP contribution in [-0.2, 0) is 4.79 Å². The highest BCUT2D eigenvalue weighted by Crippen LogP contribution is 1.81. The molecule has 0 spiro atoms. The Morgan fingerprint density at radius 3 is 3.00 bits per heavy atom. The first-order valence-corrected chi connectivity index (χ1v) is 1.86. The number of nitrogens with one attached hydrogen (secondary N) is 1. The third-order valence-electron chi connectivity index (χ3n) is 0.650. The monoisotopic (exact) mass is 93.0 g/mol. The van der Waals surface area contributed by atoms with Crippen LogP contribution in [0.1, 0.15) is 0 Å². The molecule has 7 heavy (non-hydrogen) atoms. The molecular weight excluding hydrogens is 90.1 g/mol. The van der Waals surface area contributed by atoms with Gasteiger partial charge in [0.05, 0.1) is 6.20 Å². The lowest BCUT2D eigenvalue weighted by atomic mass is 10.4. The van der Waals surface area contributed by atoms with E-state index in [1.165, 1.54) is 0 Å². The summed E-state index contributed by atoms with van der Waals surface area (Å²) in [5.41, 5.74) is 0.444. The molecule has 2 nitrogen and oxygen atoms in total. The van der Waals surface area contributed by atoms with E-state index >= 15 is 0 Å². The zero-order valence-electron chi connectivity index (χ0n) is 3.56. The SMILES string of the molecule is O=C=C1[C-]=[NH+]C=C1. The summed E-state index contributed by atoms with van der Waals surface area (Å²) in [5.74, 6) is 1.67. The fourth-order valence-corrected chi connectivity index (χ4v) is 0.346. The fourth-order valence-electron chi connectivity index (χ4n) is 0.346. The number of rotatable bonds is 0. The second-order valence-electron chi connectivity index (χ2n) is 1.12. The Morgan fingerprint density at radius 1 is 1.86 bits per heavy atom. The lowest BCUT2D eigenvalue weighted by Crippen LogP contribution is -2.58. The molecule has 0 radical (unpaired) electrons. The van der Waals surface area contributed by atoms with Crippen molar-refractivity contribution >= 4 is 12.2 Å². The van der Waals surface area contributed by atoms with E-state index in [-0.39, 0.29) is 0 Å². The molecule has 0 fully saturated rings. The number of hydrogen-bond donors (Lipinski definition) is 1. The van der Waals surface area contributed by atoms with Gasteiger partial charge >= 0.3 is 0 Å². The molecule has 1 aliphatic heterocycles. The van der Waals surface area contributed by atoms with E-state index in [0.29, 0.717) is 5.57 Å². The number of carbonyl (C=O) groups excluding carboxylic acids is 1. The molecule has 0 saturated carbocycles. The van der Waals surface area contributed by atoms with Gasteiger partial charge in [-0.1, -0.05) is 6.08 Å². The molecule has 0 unspecified atom stereocenters. The maximum Gasteiger partial charge on any atom is 0.160 e. The van der Waals surface area contributed by atoms with Gasteiger partial charge in [0.2, 0.25) is 0 Å². The third-order valence-corrected chi connectivity index (χ3v) is 0.650. The Labute approximate surface area is 40.9 Å². The molecule has 0 saturated heterocycles. The lowest BCUT2D eigenvalue weighted by molar-refractivity contribution is -0.362. The van der Waals surface area contributed by atoms with E-state index in [9.17, 15) is 4.79 Å². The molecule has 1 heterocycles. The van der Waals surface area contributed by atoms with Crippen molar-refractivity contribution in [3.05, 3.63) is 17.8 Å². The maximum absolute atomic E-state index is 9.69. The summed E-state index contributed by atoms with van der Waals surface area (Å²) < 4.78 is 0. The number of allylic oxidation sites excluding steroid dienone is 2. The normalized spacial score (nSPS) is 15.1. The van der Waals surface area contributed by atoms with E-state index in [0.717, 1.165) is 0 Å². The summed E-state index contributed by atoms with van der Waals surface area (Å²) >= 11 is 0. The van der Waals surface area contributed by atoms with Gasteiger partial charge in [-0.3, -0.25) is 0 Å². The molecule has 1 aliphatic rings. The second kappa shape index (κ2) is 1.54. The van der Waals surface area contributed by atoms with Gasteiger partial charge in [-0.2, -0.15) is 0 Å². The predicted molar refractivity (Wildman–Crippen MR) is 24.3 cm³/mol. The van der Waals surface area contributed by atoms with Crippen molar-refractivity contribution in [2.24, 2.45) is 0 Å². The van der Waals surface area contributed by atoms with Gasteiger partial charge < -0.3 is 9.79 Å². The van der Waals surface area contributed by atoms with Crippen molar-refractivity contribution in [3.63, 3.8) is 0 Å². The number of hydrogen-bond acceptors (Lipinski definition) is 1. The maximum atomic E-state index is 9.69. The zero-order chi connectivity index (χ0) is 5.11. The van der Waals surface area contributed by atoms with Gasteiger partial charge in [0.1, 0.15) is 0 Å². The van der Waals surface area contributed by atoms with Gasteiger partial charge in [0.25, 0.3) is 0 Å². The van der Waals surface area contributed by atoms with E-state index in [2.05, 4.69) is 11.2 Å². The van der Waals surface area contributed by atoms with Crippen LogP contribution in [0.2, 0.25) is 0 Å². The van der Waals surface area contributed by atoms with Crippen molar-refractivity contribution in [2.45, 2.75) is 0 Å². The van der Waals surface area contributed by atoms with Crippen LogP contribution in [0.5, 0.6) is 0 Å². The minimum absolute atomic E-state index is 0.444. The molecule has 1 N–H and O–H groups in total. The van der Waals surface area contributed by atoms with Crippen molar-refractivity contribution in [2.75, 3.05) is 0 Å². The predicted octanol–water partition coefficient (Wildman–Crippen LogP) is -1.70. The quantitative estimate of drug-likeness (QED) is 0.281. The van der Waals surface area contributed by atoms with E-state index in [1.807, 2.05) is 0 Å². The Morgan fingerprint density at radius 2 is 2.71 bits per heavy atom. The lowest BCUT2D eigenvalue weighted by Gasteiger charge is -1.69. The first-order valence-electron chi connectivity index (χ1n) is 1.86. The Kier molecular flexibility index (Phi) is 0.886. The minimum atomic E-state index is 0.444. The molecule has 0 atom stereocenters. The van der Waals surface area contributed by atoms with Crippen molar-refractivity contribution in [1.82, 2.24) is 0 Å². The zero-order valence-corrected chi connectivity index (χ0v) is 3.56. The van der Waals surface area contributed by atoms with Gasteiger partial charge in [-0.15, -0.1) is 0 Å². The highest BCUT2D eigenvalue weighted by Gasteiger charge is 1.85. The molecule has 0 amide bonds. The van der Waals surface area contributed by atoms with Crippen LogP contribution in [0, 0.1) is 0 Å². The standard InChI is InChI=1S/C5H3NO/c7-4-5-1-2-6-3-5/h1-2,6H.